The first kappa shape index (κ1) is 17.0. The van der Waals surface area contributed by atoms with Crippen LogP contribution in [-0.2, 0) is 16.0 Å². The van der Waals surface area contributed by atoms with E-state index in [9.17, 15) is 9.59 Å². The maximum Gasteiger partial charge on any atom is 0.307 e. The van der Waals surface area contributed by atoms with Crippen LogP contribution < -0.4 is 0 Å². The molecule has 1 unspecified atom stereocenters. The second-order valence-corrected chi connectivity index (χ2v) is 7.07. The summed E-state index contributed by atoms with van der Waals surface area (Å²) in [6.45, 7) is 3.24. The fourth-order valence-corrected chi connectivity index (χ4v) is 3.80. The second-order valence-electron chi connectivity index (χ2n) is 7.07. The normalized spacial score (nSPS) is 22.7. The Kier molecular flexibility index (Phi) is 5.51. The molecule has 3 rings (SSSR count). The van der Waals surface area contributed by atoms with Crippen molar-refractivity contribution < 1.29 is 14.7 Å². The Morgan fingerprint density at radius 3 is 2.38 bits per heavy atom. The summed E-state index contributed by atoms with van der Waals surface area (Å²) >= 11 is 0. The van der Waals surface area contributed by atoms with Gasteiger partial charge in [-0.25, -0.2) is 0 Å². The number of hydrogen-bond donors (Lipinski definition) is 1. The molecule has 24 heavy (non-hydrogen) atoms. The molecule has 0 spiro atoms. The first-order valence-corrected chi connectivity index (χ1v) is 8.88. The summed E-state index contributed by atoms with van der Waals surface area (Å²) in [5.74, 6) is -0.250. The number of piperidine rings is 1. The average molecular weight is 330 g/mol. The maximum absolute atomic E-state index is 12.4. The van der Waals surface area contributed by atoms with E-state index in [4.69, 9.17) is 5.11 Å². The molecule has 1 aromatic rings. The van der Waals surface area contributed by atoms with Gasteiger partial charge >= 0.3 is 5.97 Å². The maximum atomic E-state index is 12.4. The van der Waals surface area contributed by atoms with Crippen LogP contribution in [0.15, 0.2) is 30.3 Å². The molecule has 0 bridgehead atoms. The van der Waals surface area contributed by atoms with Gasteiger partial charge in [0.05, 0.1) is 12.5 Å². The van der Waals surface area contributed by atoms with E-state index >= 15 is 0 Å². The molecule has 5 nitrogen and oxygen atoms in total. The molecule has 2 aliphatic heterocycles. The van der Waals surface area contributed by atoms with Crippen molar-refractivity contribution in [3.63, 3.8) is 0 Å². The number of amides is 1. The van der Waals surface area contributed by atoms with Gasteiger partial charge < -0.3 is 10.0 Å². The van der Waals surface area contributed by atoms with Crippen LogP contribution in [0.5, 0.6) is 0 Å². The lowest BCUT2D eigenvalue weighted by Gasteiger charge is -2.33. The number of likely N-dealkylation sites (tertiary alicyclic amines) is 2. The molecule has 0 aromatic heterocycles. The quantitative estimate of drug-likeness (QED) is 0.895. The number of carbonyl (C=O) groups excluding carboxylic acids is 1. The van der Waals surface area contributed by atoms with Gasteiger partial charge in [0.1, 0.15) is 0 Å². The highest BCUT2D eigenvalue weighted by atomic mass is 16.4. The van der Waals surface area contributed by atoms with E-state index < -0.39 is 5.97 Å². The van der Waals surface area contributed by atoms with Gasteiger partial charge in [-0.3, -0.25) is 14.5 Å². The topological polar surface area (TPSA) is 60.9 Å². The van der Waals surface area contributed by atoms with Crippen molar-refractivity contribution in [2.24, 2.45) is 11.8 Å². The van der Waals surface area contributed by atoms with Crippen LogP contribution in [0.3, 0.4) is 0 Å². The molecule has 0 radical (unpaired) electrons. The molecule has 5 heteroatoms. The van der Waals surface area contributed by atoms with Crippen LogP contribution in [0.2, 0.25) is 0 Å². The Bertz CT molecular complexity index is 567. The fraction of sp³-hybridized carbons (Fsp3) is 0.579. The van der Waals surface area contributed by atoms with E-state index in [1.54, 1.807) is 0 Å². The standard InChI is InChI=1S/C19H26N2O3/c22-18(14-20-9-8-17(13-20)19(23)24)21-10-6-16(7-11-21)12-15-4-2-1-3-5-15/h1-5,16-17H,6-14H2,(H,23,24). The van der Waals surface area contributed by atoms with Gasteiger partial charge in [-0.1, -0.05) is 30.3 Å². The first-order valence-electron chi connectivity index (χ1n) is 8.88. The third-order valence-electron chi connectivity index (χ3n) is 5.31. The number of carbonyl (C=O) groups is 2. The zero-order valence-electron chi connectivity index (χ0n) is 14.1. The SMILES string of the molecule is O=C(O)C1CCN(CC(=O)N2CCC(Cc3ccccc3)CC2)C1. The molecule has 0 saturated carbocycles. The van der Waals surface area contributed by atoms with E-state index in [0.29, 0.717) is 32.0 Å². The minimum atomic E-state index is -0.744. The lowest BCUT2D eigenvalue weighted by molar-refractivity contribution is -0.141. The number of aliphatic carboxylic acids is 1. The summed E-state index contributed by atoms with van der Waals surface area (Å²) in [6, 6.07) is 10.5. The summed E-state index contributed by atoms with van der Waals surface area (Å²) < 4.78 is 0. The minimum Gasteiger partial charge on any atom is -0.481 e. The van der Waals surface area contributed by atoms with E-state index in [2.05, 4.69) is 24.3 Å². The Morgan fingerprint density at radius 1 is 1.04 bits per heavy atom. The minimum absolute atomic E-state index is 0.152. The van der Waals surface area contributed by atoms with Crippen molar-refractivity contribution in [1.82, 2.24) is 9.80 Å². The lowest BCUT2D eigenvalue weighted by Crippen LogP contribution is -2.44. The molecule has 130 valence electrons. The fourth-order valence-electron chi connectivity index (χ4n) is 3.80. The highest BCUT2D eigenvalue weighted by molar-refractivity contribution is 5.78. The molecule has 1 aromatic carbocycles. The molecule has 1 atom stereocenters. The van der Waals surface area contributed by atoms with Crippen LogP contribution in [-0.4, -0.2) is 59.5 Å². The van der Waals surface area contributed by atoms with Crippen LogP contribution in [0.4, 0.5) is 0 Å². The number of hydrogen-bond acceptors (Lipinski definition) is 3. The van der Waals surface area contributed by atoms with E-state index in [1.165, 1.54) is 5.56 Å². The van der Waals surface area contributed by atoms with E-state index in [1.807, 2.05) is 15.9 Å². The van der Waals surface area contributed by atoms with Crippen LogP contribution in [0.25, 0.3) is 0 Å². The summed E-state index contributed by atoms with van der Waals surface area (Å²) in [7, 11) is 0. The van der Waals surface area contributed by atoms with Crippen molar-refractivity contribution in [1.29, 1.82) is 0 Å². The van der Waals surface area contributed by atoms with Gasteiger partial charge in [-0.05, 0) is 43.7 Å². The highest BCUT2D eigenvalue weighted by Crippen LogP contribution is 2.22. The van der Waals surface area contributed by atoms with Gasteiger partial charge in [0.15, 0.2) is 0 Å². The predicted molar refractivity (Wildman–Crippen MR) is 91.6 cm³/mol. The molecule has 2 aliphatic rings. The molecule has 1 amide bonds. The molecular formula is C19H26N2O3. The second kappa shape index (κ2) is 7.79. The summed E-state index contributed by atoms with van der Waals surface area (Å²) in [4.78, 5) is 27.4. The van der Waals surface area contributed by atoms with Crippen LogP contribution in [0, 0.1) is 11.8 Å². The summed E-state index contributed by atoms with van der Waals surface area (Å²) in [6.07, 6.45) is 3.85. The van der Waals surface area contributed by atoms with Gasteiger partial charge in [0.2, 0.25) is 5.91 Å². The molecule has 2 heterocycles. The largest absolute Gasteiger partial charge is 0.481 e. The Morgan fingerprint density at radius 2 is 1.75 bits per heavy atom. The van der Waals surface area contributed by atoms with Crippen LogP contribution >= 0.6 is 0 Å². The molecular weight excluding hydrogens is 304 g/mol. The summed E-state index contributed by atoms with van der Waals surface area (Å²) in [5.41, 5.74) is 1.37. The Hall–Kier alpha value is -1.88. The molecule has 2 fully saturated rings. The zero-order valence-corrected chi connectivity index (χ0v) is 14.1. The van der Waals surface area contributed by atoms with E-state index in [-0.39, 0.29) is 11.8 Å². The third kappa shape index (κ3) is 4.35. The summed E-state index contributed by atoms with van der Waals surface area (Å²) in [5, 5.41) is 9.04. The van der Waals surface area contributed by atoms with Crippen molar-refractivity contribution in [3.05, 3.63) is 35.9 Å². The molecule has 2 saturated heterocycles. The van der Waals surface area contributed by atoms with Crippen molar-refractivity contribution in [2.75, 3.05) is 32.7 Å². The Labute approximate surface area is 143 Å². The van der Waals surface area contributed by atoms with E-state index in [0.717, 1.165) is 32.4 Å². The molecule has 0 aliphatic carbocycles. The van der Waals surface area contributed by atoms with Gasteiger partial charge in [-0.15, -0.1) is 0 Å². The smallest absolute Gasteiger partial charge is 0.307 e. The highest BCUT2D eigenvalue weighted by Gasteiger charge is 2.30. The number of nitrogens with zero attached hydrogens (tertiary/aromatic N) is 2. The zero-order chi connectivity index (χ0) is 16.9. The van der Waals surface area contributed by atoms with Crippen molar-refractivity contribution in [2.45, 2.75) is 25.7 Å². The number of benzene rings is 1. The monoisotopic (exact) mass is 330 g/mol. The Balaban J connectivity index is 1.41. The van der Waals surface area contributed by atoms with Gasteiger partial charge in [0.25, 0.3) is 0 Å². The van der Waals surface area contributed by atoms with Crippen molar-refractivity contribution >= 4 is 11.9 Å². The molecule has 1 N–H and O–H groups in total. The number of carboxylic acid groups (broad SMARTS) is 1. The average Bonchev–Trinajstić information content (AvgIpc) is 3.05. The van der Waals surface area contributed by atoms with Crippen molar-refractivity contribution in [3.8, 4) is 0 Å². The van der Waals surface area contributed by atoms with Crippen LogP contribution in [0.1, 0.15) is 24.8 Å². The lowest BCUT2D eigenvalue weighted by atomic mass is 9.90. The number of rotatable bonds is 5. The van der Waals surface area contributed by atoms with Gasteiger partial charge in [0, 0.05) is 19.6 Å². The van der Waals surface area contributed by atoms with Gasteiger partial charge in [-0.2, -0.15) is 0 Å². The first-order chi connectivity index (χ1) is 11.6. The third-order valence-corrected chi connectivity index (χ3v) is 5.31. The number of carboxylic acids is 1. The predicted octanol–water partition coefficient (Wildman–Crippen LogP) is 1.87.